The summed E-state index contributed by atoms with van der Waals surface area (Å²) in [6.07, 6.45) is 1.62. The van der Waals surface area contributed by atoms with Crippen LogP contribution in [0.1, 0.15) is 10.4 Å². The van der Waals surface area contributed by atoms with Crippen LogP contribution in [0.4, 0.5) is 0 Å². The molecule has 19 heavy (non-hydrogen) atoms. The molecule has 0 fully saturated rings. The molecule has 0 radical (unpaired) electrons. The third-order valence-electron chi connectivity index (χ3n) is 2.90. The molecular weight excluding hydrogens is 264 g/mol. The van der Waals surface area contributed by atoms with Crippen LogP contribution in [0.2, 0.25) is 5.02 Å². The maximum absolute atomic E-state index is 11.0. The molecule has 2 heterocycles. The lowest BCUT2D eigenvalue weighted by molar-refractivity contribution is 0.0697. The van der Waals surface area contributed by atoms with Gasteiger partial charge in [-0.15, -0.1) is 0 Å². The van der Waals surface area contributed by atoms with Gasteiger partial charge in [0.2, 0.25) is 0 Å². The molecule has 0 unspecified atom stereocenters. The molecule has 0 aliphatic rings. The summed E-state index contributed by atoms with van der Waals surface area (Å²) in [4.78, 5) is 18.3. The first-order valence-corrected chi connectivity index (χ1v) is 6.00. The summed E-state index contributed by atoms with van der Waals surface area (Å²) in [5.41, 5.74) is 2.51. The van der Waals surface area contributed by atoms with Crippen molar-refractivity contribution in [3.8, 4) is 11.3 Å². The van der Waals surface area contributed by atoms with E-state index >= 15 is 0 Å². The first kappa shape index (κ1) is 11.7. The molecule has 0 bridgehead atoms. The number of benzene rings is 1. The van der Waals surface area contributed by atoms with Gasteiger partial charge < -0.3 is 10.1 Å². The molecule has 4 nitrogen and oxygen atoms in total. The van der Waals surface area contributed by atoms with Crippen molar-refractivity contribution in [1.29, 1.82) is 0 Å². The van der Waals surface area contributed by atoms with Crippen LogP contribution in [0.25, 0.3) is 22.3 Å². The maximum atomic E-state index is 11.0. The number of carboxylic acids is 1. The number of aromatic amines is 1. The van der Waals surface area contributed by atoms with Crippen molar-refractivity contribution in [3.63, 3.8) is 0 Å². The molecule has 5 heteroatoms. The number of aromatic nitrogens is 2. The highest BCUT2D eigenvalue weighted by Crippen LogP contribution is 2.28. The number of rotatable bonds is 2. The highest BCUT2D eigenvalue weighted by Gasteiger charge is 2.09. The largest absolute Gasteiger partial charge is 0.478 e. The Balaban J connectivity index is 2.16. The normalized spacial score (nSPS) is 10.8. The van der Waals surface area contributed by atoms with E-state index in [1.807, 2.05) is 12.1 Å². The Hall–Kier alpha value is -2.33. The van der Waals surface area contributed by atoms with Gasteiger partial charge in [-0.1, -0.05) is 23.7 Å². The van der Waals surface area contributed by atoms with Gasteiger partial charge in [-0.2, -0.15) is 0 Å². The Kier molecular flexibility index (Phi) is 2.72. The van der Waals surface area contributed by atoms with Crippen LogP contribution < -0.4 is 0 Å². The third kappa shape index (κ3) is 2.06. The number of carboxylic acid groups (broad SMARTS) is 1. The van der Waals surface area contributed by atoms with Gasteiger partial charge in [-0.05, 0) is 29.8 Å². The van der Waals surface area contributed by atoms with Gasteiger partial charge in [-0.25, -0.2) is 9.78 Å². The van der Waals surface area contributed by atoms with E-state index in [-0.39, 0.29) is 5.56 Å². The zero-order valence-corrected chi connectivity index (χ0v) is 10.5. The predicted molar refractivity (Wildman–Crippen MR) is 73.5 cm³/mol. The number of pyridine rings is 1. The molecule has 0 amide bonds. The zero-order chi connectivity index (χ0) is 13.4. The van der Waals surface area contributed by atoms with Gasteiger partial charge >= 0.3 is 5.97 Å². The van der Waals surface area contributed by atoms with Crippen molar-refractivity contribution in [2.75, 3.05) is 0 Å². The van der Waals surface area contributed by atoms with Crippen LogP contribution in [0, 0.1) is 0 Å². The van der Waals surface area contributed by atoms with E-state index in [4.69, 9.17) is 16.7 Å². The molecule has 0 aliphatic carbocycles. The minimum absolute atomic E-state index is 0.246. The van der Waals surface area contributed by atoms with Crippen LogP contribution in [0.15, 0.2) is 42.6 Å². The van der Waals surface area contributed by atoms with Crippen LogP contribution in [0.5, 0.6) is 0 Å². The number of nitrogens with one attached hydrogen (secondary N) is 1. The Labute approximate surface area is 113 Å². The third-order valence-corrected chi connectivity index (χ3v) is 3.23. The number of carbonyl (C=O) groups is 1. The second kappa shape index (κ2) is 4.40. The van der Waals surface area contributed by atoms with Crippen molar-refractivity contribution in [3.05, 3.63) is 53.2 Å². The van der Waals surface area contributed by atoms with E-state index < -0.39 is 5.97 Å². The number of hydrogen-bond acceptors (Lipinski definition) is 2. The number of aromatic carboxylic acids is 1. The number of hydrogen-bond donors (Lipinski definition) is 2. The van der Waals surface area contributed by atoms with Gasteiger partial charge in [0.25, 0.3) is 0 Å². The molecule has 0 saturated carbocycles. The fourth-order valence-corrected chi connectivity index (χ4v) is 2.17. The molecule has 0 atom stereocenters. The van der Waals surface area contributed by atoms with E-state index in [0.29, 0.717) is 10.7 Å². The fraction of sp³-hybridized carbons (Fsp3) is 0. The molecule has 3 aromatic rings. The molecule has 2 aromatic heterocycles. The van der Waals surface area contributed by atoms with Crippen LogP contribution in [-0.4, -0.2) is 21.0 Å². The SMILES string of the molecule is O=C(O)c1cccc(-c2cc3c(Cl)ccnc3[nH]2)c1. The standard InChI is InChI=1S/C14H9ClN2O2/c15-11-4-5-16-13-10(11)7-12(17-13)8-2-1-3-9(6-8)14(18)19/h1-7H,(H,16,17)(H,18,19). The lowest BCUT2D eigenvalue weighted by Crippen LogP contribution is -1.95. The lowest BCUT2D eigenvalue weighted by atomic mass is 10.1. The Morgan fingerprint density at radius 2 is 2.11 bits per heavy atom. The summed E-state index contributed by atoms with van der Waals surface area (Å²) < 4.78 is 0. The number of H-pyrrole nitrogens is 1. The van der Waals surface area contributed by atoms with Crippen molar-refractivity contribution in [2.24, 2.45) is 0 Å². The van der Waals surface area contributed by atoms with E-state index in [9.17, 15) is 4.79 Å². The minimum atomic E-state index is -0.950. The van der Waals surface area contributed by atoms with Crippen LogP contribution in [0.3, 0.4) is 0 Å². The Morgan fingerprint density at radius 1 is 1.26 bits per heavy atom. The monoisotopic (exact) mass is 272 g/mol. The van der Waals surface area contributed by atoms with Crippen LogP contribution in [-0.2, 0) is 0 Å². The van der Waals surface area contributed by atoms with E-state index in [1.54, 1.807) is 30.5 Å². The fourth-order valence-electron chi connectivity index (χ4n) is 1.97. The van der Waals surface area contributed by atoms with E-state index in [0.717, 1.165) is 16.6 Å². The average Bonchev–Trinajstić information content (AvgIpc) is 2.84. The molecule has 2 N–H and O–H groups in total. The number of halogens is 1. The van der Waals surface area contributed by atoms with Crippen molar-refractivity contribution in [2.45, 2.75) is 0 Å². The number of fused-ring (bicyclic) bond motifs is 1. The molecular formula is C14H9ClN2O2. The highest BCUT2D eigenvalue weighted by molar-refractivity contribution is 6.35. The Bertz CT molecular complexity index is 780. The van der Waals surface area contributed by atoms with Gasteiger partial charge in [0.1, 0.15) is 5.65 Å². The molecule has 1 aromatic carbocycles. The van der Waals surface area contributed by atoms with E-state index in [2.05, 4.69) is 9.97 Å². The smallest absolute Gasteiger partial charge is 0.335 e. The summed E-state index contributed by atoms with van der Waals surface area (Å²) in [5.74, 6) is -0.950. The Morgan fingerprint density at radius 3 is 2.84 bits per heavy atom. The summed E-state index contributed by atoms with van der Waals surface area (Å²) in [6.45, 7) is 0. The first-order valence-electron chi connectivity index (χ1n) is 5.62. The summed E-state index contributed by atoms with van der Waals surface area (Å²) in [5, 5.41) is 10.4. The number of nitrogens with zero attached hydrogens (tertiary/aromatic N) is 1. The molecule has 0 aliphatic heterocycles. The van der Waals surface area contributed by atoms with Gasteiger partial charge in [0.05, 0.1) is 10.6 Å². The second-order valence-corrected chi connectivity index (χ2v) is 4.53. The van der Waals surface area contributed by atoms with Gasteiger partial charge in [-0.3, -0.25) is 0 Å². The lowest BCUT2D eigenvalue weighted by Gasteiger charge is -1.99. The topological polar surface area (TPSA) is 66.0 Å². The summed E-state index contributed by atoms with van der Waals surface area (Å²) >= 11 is 6.09. The van der Waals surface area contributed by atoms with Crippen LogP contribution >= 0.6 is 11.6 Å². The highest BCUT2D eigenvalue weighted by atomic mass is 35.5. The molecule has 0 saturated heterocycles. The zero-order valence-electron chi connectivity index (χ0n) is 9.72. The quantitative estimate of drug-likeness (QED) is 0.749. The average molecular weight is 273 g/mol. The van der Waals surface area contributed by atoms with Gasteiger partial charge in [0.15, 0.2) is 0 Å². The molecule has 0 spiro atoms. The summed E-state index contributed by atoms with van der Waals surface area (Å²) in [6, 6.07) is 10.3. The van der Waals surface area contributed by atoms with E-state index in [1.165, 1.54) is 0 Å². The summed E-state index contributed by atoms with van der Waals surface area (Å²) in [7, 11) is 0. The van der Waals surface area contributed by atoms with Crippen molar-refractivity contribution in [1.82, 2.24) is 9.97 Å². The predicted octanol–water partition coefficient (Wildman–Crippen LogP) is 3.58. The molecule has 3 rings (SSSR count). The minimum Gasteiger partial charge on any atom is -0.478 e. The first-order chi connectivity index (χ1) is 9.15. The molecule has 94 valence electrons. The maximum Gasteiger partial charge on any atom is 0.335 e. The van der Waals surface area contributed by atoms with Crippen molar-refractivity contribution >= 4 is 28.6 Å². The van der Waals surface area contributed by atoms with Gasteiger partial charge in [0, 0.05) is 17.3 Å². The van der Waals surface area contributed by atoms with Crippen molar-refractivity contribution < 1.29 is 9.90 Å². The second-order valence-electron chi connectivity index (χ2n) is 4.12.